The molecule has 4 aromatic heterocycles. The van der Waals surface area contributed by atoms with E-state index in [-0.39, 0.29) is 36.0 Å². The van der Waals surface area contributed by atoms with Gasteiger partial charge in [-0.15, -0.1) is 0 Å². The number of aromatic nitrogens is 4. The first-order chi connectivity index (χ1) is 26.2. The quantitative estimate of drug-likeness (QED) is 0.120. The van der Waals surface area contributed by atoms with Crippen molar-refractivity contribution in [2.24, 2.45) is 11.8 Å². The number of piperidine rings is 2. The molecule has 12 nitrogen and oxygen atoms in total. The van der Waals surface area contributed by atoms with Crippen molar-refractivity contribution in [1.29, 1.82) is 0 Å². The second-order valence-corrected chi connectivity index (χ2v) is 15.7. The SMILES string of the molecule is C=CC(=O)N1C[C@H](Nc2ccnc3[nH]cc([C@@H]4C[C@H]4COC)c23)CC[C@@H]1C.C=CC(=O)N1C[C@H](Nc2ccnc3[nH]cc([C@H]4C[C@@H]4COC)c23)CC[C@@H]1C. The van der Waals surface area contributed by atoms with E-state index in [1.807, 2.05) is 34.3 Å². The summed E-state index contributed by atoms with van der Waals surface area (Å²) in [6.07, 6.45) is 17.1. The number of H-pyrrole nitrogens is 2. The molecule has 0 bridgehead atoms. The fraction of sp³-hybridized carbons (Fsp3) is 0.524. The molecule has 4 aliphatic rings. The average Bonchev–Trinajstić information content (AvgIpc) is 4.03. The number of hydrogen-bond acceptors (Lipinski definition) is 8. The molecule has 288 valence electrons. The molecule has 8 rings (SSSR count). The maximum atomic E-state index is 12.1. The van der Waals surface area contributed by atoms with Gasteiger partial charge < -0.3 is 39.9 Å². The molecule has 2 aliphatic carbocycles. The predicted octanol–water partition coefficient (Wildman–Crippen LogP) is 6.58. The lowest BCUT2D eigenvalue weighted by Crippen LogP contribution is -2.49. The Morgan fingerprint density at radius 3 is 1.57 bits per heavy atom. The molecule has 12 heteroatoms. The van der Waals surface area contributed by atoms with Crippen LogP contribution in [-0.2, 0) is 19.1 Å². The molecule has 2 saturated carbocycles. The Kier molecular flexibility index (Phi) is 11.4. The van der Waals surface area contributed by atoms with Crippen LogP contribution in [0.15, 0.2) is 62.2 Å². The van der Waals surface area contributed by atoms with Crippen LogP contribution in [0.5, 0.6) is 0 Å². The van der Waals surface area contributed by atoms with Gasteiger partial charge in [-0.1, -0.05) is 13.2 Å². The van der Waals surface area contributed by atoms with Crippen LogP contribution in [0.2, 0.25) is 0 Å². The largest absolute Gasteiger partial charge is 0.384 e. The number of anilines is 2. The molecule has 2 saturated heterocycles. The Balaban J connectivity index is 0.000000167. The molecular formula is C42H56N8O4. The number of carbonyl (C=O) groups is 2. The Labute approximate surface area is 318 Å². The molecule has 0 radical (unpaired) electrons. The number of pyridine rings is 2. The van der Waals surface area contributed by atoms with Crippen molar-refractivity contribution in [2.45, 2.75) is 88.4 Å². The smallest absolute Gasteiger partial charge is 0.246 e. The third kappa shape index (κ3) is 7.91. The van der Waals surface area contributed by atoms with Gasteiger partial charge >= 0.3 is 0 Å². The minimum Gasteiger partial charge on any atom is -0.384 e. The molecule has 0 spiro atoms. The zero-order chi connectivity index (χ0) is 37.9. The molecule has 4 fully saturated rings. The van der Waals surface area contributed by atoms with Gasteiger partial charge in [-0.2, -0.15) is 0 Å². The molecule has 4 N–H and O–H groups in total. The normalized spacial score (nSPS) is 27.6. The number of nitrogens with zero attached hydrogens (tertiary/aromatic N) is 4. The zero-order valence-corrected chi connectivity index (χ0v) is 32.1. The van der Waals surface area contributed by atoms with Crippen LogP contribution in [0.3, 0.4) is 0 Å². The van der Waals surface area contributed by atoms with Crippen molar-refractivity contribution in [3.8, 4) is 0 Å². The highest BCUT2D eigenvalue weighted by molar-refractivity contribution is 5.94. The van der Waals surface area contributed by atoms with Crippen LogP contribution >= 0.6 is 0 Å². The van der Waals surface area contributed by atoms with E-state index >= 15 is 0 Å². The number of amides is 2. The number of aromatic amines is 2. The lowest BCUT2D eigenvalue weighted by atomic mass is 9.98. The van der Waals surface area contributed by atoms with E-state index in [9.17, 15) is 9.59 Å². The summed E-state index contributed by atoms with van der Waals surface area (Å²) < 4.78 is 10.7. The van der Waals surface area contributed by atoms with Gasteiger partial charge in [0.25, 0.3) is 0 Å². The van der Waals surface area contributed by atoms with Gasteiger partial charge in [-0.25, -0.2) is 9.97 Å². The summed E-state index contributed by atoms with van der Waals surface area (Å²) in [5.74, 6) is 2.28. The average molecular weight is 737 g/mol. The summed E-state index contributed by atoms with van der Waals surface area (Å²) in [4.78, 5) is 43.8. The van der Waals surface area contributed by atoms with E-state index in [2.05, 4.69) is 70.0 Å². The molecule has 8 atom stereocenters. The van der Waals surface area contributed by atoms with Gasteiger partial charge in [0.2, 0.25) is 11.8 Å². The second-order valence-electron chi connectivity index (χ2n) is 15.7. The van der Waals surface area contributed by atoms with Crippen LogP contribution in [0.1, 0.15) is 75.3 Å². The molecule has 54 heavy (non-hydrogen) atoms. The molecule has 6 heterocycles. The molecule has 4 aromatic rings. The minimum absolute atomic E-state index is 0.0107. The van der Waals surface area contributed by atoms with Crippen molar-refractivity contribution < 1.29 is 19.1 Å². The summed E-state index contributed by atoms with van der Waals surface area (Å²) >= 11 is 0. The number of ether oxygens (including phenoxy) is 2. The maximum Gasteiger partial charge on any atom is 0.246 e. The summed E-state index contributed by atoms with van der Waals surface area (Å²) in [5, 5.41) is 9.74. The van der Waals surface area contributed by atoms with Gasteiger partial charge in [-0.05, 0) is 111 Å². The Morgan fingerprint density at radius 2 is 1.19 bits per heavy atom. The topological polar surface area (TPSA) is 140 Å². The lowest BCUT2D eigenvalue weighted by molar-refractivity contribution is -0.130. The van der Waals surface area contributed by atoms with Gasteiger partial charge in [0, 0.05) is 112 Å². The van der Waals surface area contributed by atoms with E-state index in [1.165, 1.54) is 34.1 Å². The lowest BCUT2D eigenvalue weighted by Gasteiger charge is -2.38. The van der Waals surface area contributed by atoms with Crippen molar-refractivity contribution in [3.63, 3.8) is 0 Å². The highest BCUT2D eigenvalue weighted by Crippen LogP contribution is 2.51. The highest BCUT2D eigenvalue weighted by Gasteiger charge is 2.41. The first-order valence-electron chi connectivity index (χ1n) is 19.5. The number of likely N-dealkylation sites (tertiary alicyclic amines) is 2. The molecule has 0 unspecified atom stereocenters. The van der Waals surface area contributed by atoms with E-state index in [0.29, 0.717) is 36.8 Å². The zero-order valence-electron chi connectivity index (χ0n) is 32.1. The molecule has 0 aromatic carbocycles. The number of rotatable bonds is 12. The minimum atomic E-state index is 0.0107. The summed E-state index contributed by atoms with van der Waals surface area (Å²) in [6.45, 7) is 14.5. The first-order valence-corrected chi connectivity index (χ1v) is 19.5. The number of nitrogens with one attached hydrogen (secondary N) is 4. The maximum absolute atomic E-state index is 12.1. The summed E-state index contributed by atoms with van der Waals surface area (Å²) in [6, 6.07) is 5.07. The second kappa shape index (κ2) is 16.4. The first kappa shape index (κ1) is 37.6. The number of hydrogen-bond donors (Lipinski definition) is 4. The van der Waals surface area contributed by atoms with E-state index in [4.69, 9.17) is 9.47 Å². The third-order valence-electron chi connectivity index (χ3n) is 12.0. The van der Waals surface area contributed by atoms with Crippen LogP contribution in [0, 0.1) is 11.8 Å². The number of methoxy groups -OCH3 is 2. The number of fused-ring (bicyclic) bond motifs is 2. The summed E-state index contributed by atoms with van der Waals surface area (Å²) in [7, 11) is 3.53. The van der Waals surface area contributed by atoms with Gasteiger partial charge in [0.15, 0.2) is 0 Å². The van der Waals surface area contributed by atoms with Crippen molar-refractivity contribution in [1.82, 2.24) is 29.7 Å². The van der Waals surface area contributed by atoms with Crippen LogP contribution < -0.4 is 10.6 Å². The van der Waals surface area contributed by atoms with Crippen molar-refractivity contribution >= 4 is 45.3 Å². The molecule has 2 amide bonds. The Morgan fingerprint density at radius 1 is 0.759 bits per heavy atom. The van der Waals surface area contributed by atoms with Crippen LogP contribution in [0.4, 0.5) is 11.4 Å². The third-order valence-corrected chi connectivity index (χ3v) is 12.0. The van der Waals surface area contributed by atoms with E-state index < -0.39 is 0 Å². The predicted molar refractivity (Wildman–Crippen MR) is 214 cm³/mol. The highest BCUT2D eigenvalue weighted by atomic mass is 16.5. The number of carbonyl (C=O) groups excluding carboxylic acids is 2. The standard InChI is InChI=1S/2C21H28N4O2/c2*1-4-19(26)25-11-15(6-5-13(25)2)24-18-7-8-22-21-20(18)17(10-23-21)16-9-14(16)12-27-3/h2*4,7-8,10,13-16H,1,5-6,9,11-12H2,2-3H3,(H2,22,23,24)/t13-,14+,15+,16-;13-,14-,15+,16+/m00/s1. The van der Waals surface area contributed by atoms with E-state index in [1.54, 1.807) is 14.2 Å². The Hall–Kier alpha value is -4.68. The monoisotopic (exact) mass is 736 g/mol. The fourth-order valence-corrected chi connectivity index (χ4v) is 8.78. The fourth-order valence-electron chi connectivity index (χ4n) is 8.78. The van der Waals surface area contributed by atoms with Gasteiger partial charge in [0.05, 0.1) is 0 Å². The molecule has 2 aliphatic heterocycles. The molecular weight excluding hydrogens is 681 g/mol. The van der Waals surface area contributed by atoms with E-state index in [0.717, 1.165) is 74.4 Å². The Bertz CT molecular complexity index is 1830. The van der Waals surface area contributed by atoms with Crippen LogP contribution in [0.25, 0.3) is 22.1 Å². The summed E-state index contributed by atoms with van der Waals surface area (Å²) in [5.41, 5.74) is 6.69. The van der Waals surface area contributed by atoms with Gasteiger partial charge in [0.1, 0.15) is 11.3 Å². The van der Waals surface area contributed by atoms with Crippen LogP contribution in [-0.4, -0.2) is 106 Å². The van der Waals surface area contributed by atoms with Crippen molar-refractivity contribution in [2.75, 3.05) is 51.2 Å². The van der Waals surface area contributed by atoms with Gasteiger partial charge in [-0.3, -0.25) is 9.59 Å². The van der Waals surface area contributed by atoms with Crippen molar-refractivity contribution in [3.05, 3.63) is 73.4 Å².